The predicted molar refractivity (Wildman–Crippen MR) is 84.6 cm³/mol. The van der Waals surface area contributed by atoms with Crippen molar-refractivity contribution in [3.63, 3.8) is 0 Å². The van der Waals surface area contributed by atoms with Crippen molar-refractivity contribution in [1.82, 2.24) is 19.9 Å². The lowest BCUT2D eigenvalue weighted by Gasteiger charge is -2.10. The number of pyridine rings is 1. The molecule has 114 valence electrons. The van der Waals surface area contributed by atoms with Crippen LogP contribution in [0.25, 0.3) is 11.2 Å². The minimum atomic E-state index is 0.0383. The van der Waals surface area contributed by atoms with Crippen LogP contribution in [0, 0.1) is 6.92 Å². The molecular weight excluding hydrogens is 288 g/mol. The molecule has 0 spiro atoms. The van der Waals surface area contributed by atoms with E-state index in [0.717, 1.165) is 22.6 Å². The van der Waals surface area contributed by atoms with Gasteiger partial charge in [0.15, 0.2) is 5.65 Å². The van der Waals surface area contributed by atoms with Crippen LogP contribution in [0.1, 0.15) is 31.7 Å². The van der Waals surface area contributed by atoms with Gasteiger partial charge in [-0.1, -0.05) is 0 Å². The average Bonchev–Trinajstić information content (AvgIpc) is 2.75. The number of aryl methyl sites for hydroxylation is 3. The Morgan fingerprint density at radius 2 is 2.24 bits per heavy atom. The van der Waals surface area contributed by atoms with E-state index in [4.69, 9.17) is 11.6 Å². The Morgan fingerprint density at radius 3 is 2.90 bits per heavy atom. The summed E-state index contributed by atoms with van der Waals surface area (Å²) in [4.78, 5) is 20.9. The van der Waals surface area contributed by atoms with E-state index >= 15 is 0 Å². The van der Waals surface area contributed by atoms with Crippen LogP contribution in [0.15, 0.2) is 12.3 Å². The Bertz CT molecular complexity index is 636. The molecule has 0 radical (unpaired) electrons. The molecule has 0 unspecified atom stereocenters. The Hall–Kier alpha value is -1.62. The minimum Gasteiger partial charge on any atom is -0.354 e. The van der Waals surface area contributed by atoms with E-state index in [1.807, 2.05) is 31.4 Å². The summed E-state index contributed by atoms with van der Waals surface area (Å²) in [5.41, 5.74) is 2.80. The van der Waals surface area contributed by atoms with Gasteiger partial charge in [0.2, 0.25) is 5.91 Å². The third-order valence-corrected chi connectivity index (χ3v) is 3.43. The first kappa shape index (κ1) is 15.8. The normalized spacial score (nSPS) is 11.3. The molecular formula is C15H21ClN4O. The fourth-order valence-corrected chi connectivity index (χ4v) is 2.47. The summed E-state index contributed by atoms with van der Waals surface area (Å²) in [7, 11) is 0. The fraction of sp³-hybridized carbons (Fsp3) is 0.533. The van der Waals surface area contributed by atoms with Crippen LogP contribution in [0.4, 0.5) is 0 Å². The van der Waals surface area contributed by atoms with Gasteiger partial charge in [0.1, 0.15) is 11.3 Å². The number of nitrogens with one attached hydrogen (secondary N) is 1. The van der Waals surface area contributed by atoms with E-state index in [1.54, 1.807) is 6.20 Å². The molecule has 0 aliphatic rings. The molecule has 5 nitrogen and oxygen atoms in total. The van der Waals surface area contributed by atoms with E-state index in [1.165, 1.54) is 0 Å². The van der Waals surface area contributed by atoms with Crippen LogP contribution in [0.5, 0.6) is 0 Å². The summed E-state index contributed by atoms with van der Waals surface area (Å²) in [6, 6.07) is 2.09. The van der Waals surface area contributed by atoms with Gasteiger partial charge in [-0.3, -0.25) is 4.79 Å². The molecule has 0 saturated carbocycles. The second kappa shape index (κ2) is 6.89. The number of hydrogen-bond acceptors (Lipinski definition) is 3. The Morgan fingerprint density at radius 1 is 1.48 bits per heavy atom. The standard InChI is InChI=1S/C15H21ClN4O/c1-10(2)18-13(21)6-9-20-12(4-7-16)19-14-11(3)5-8-17-15(14)20/h5,8,10H,4,6-7,9H2,1-3H3,(H,18,21). The Kier molecular flexibility index (Phi) is 5.17. The monoisotopic (exact) mass is 308 g/mol. The van der Waals surface area contributed by atoms with Crippen molar-refractivity contribution in [2.45, 2.75) is 46.2 Å². The molecule has 2 aromatic rings. The number of hydrogen-bond donors (Lipinski definition) is 1. The number of fused-ring (bicyclic) bond motifs is 1. The van der Waals surface area contributed by atoms with Gasteiger partial charge >= 0.3 is 0 Å². The molecule has 0 bridgehead atoms. The van der Waals surface area contributed by atoms with Crippen LogP contribution < -0.4 is 5.32 Å². The molecule has 0 aliphatic heterocycles. The van der Waals surface area contributed by atoms with Gasteiger partial charge in [-0.25, -0.2) is 9.97 Å². The highest BCUT2D eigenvalue weighted by molar-refractivity contribution is 6.17. The summed E-state index contributed by atoms with van der Waals surface area (Å²) in [6.45, 7) is 6.48. The first-order valence-corrected chi connectivity index (χ1v) is 7.72. The fourth-order valence-electron chi connectivity index (χ4n) is 2.30. The summed E-state index contributed by atoms with van der Waals surface area (Å²) < 4.78 is 2.00. The first-order chi connectivity index (χ1) is 10.0. The van der Waals surface area contributed by atoms with Gasteiger partial charge in [-0.15, -0.1) is 11.6 Å². The topological polar surface area (TPSA) is 59.8 Å². The van der Waals surface area contributed by atoms with E-state index in [9.17, 15) is 4.79 Å². The molecule has 2 rings (SSSR count). The summed E-state index contributed by atoms with van der Waals surface area (Å²) in [5.74, 6) is 1.43. The number of carbonyl (C=O) groups is 1. The van der Waals surface area contributed by atoms with Crippen molar-refractivity contribution < 1.29 is 4.79 Å². The summed E-state index contributed by atoms with van der Waals surface area (Å²) >= 11 is 5.85. The largest absolute Gasteiger partial charge is 0.354 e. The zero-order valence-corrected chi connectivity index (χ0v) is 13.4. The Labute approximate surface area is 129 Å². The highest BCUT2D eigenvalue weighted by Crippen LogP contribution is 2.18. The molecule has 2 aromatic heterocycles. The van der Waals surface area contributed by atoms with Crippen molar-refractivity contribution in [2.75, 3.05) is 5.88 Å². The van der Waals surface area contributed by atoms with Crippen molar-refractivity contribution in [1.29, 1.82) is 0 Å². The third-order valence-electron chi connectivity index (χ3n) is 3.25. The highest BCUT2D eigenvalue weighted by Gasteiger charge is 2.14. The lowest BCUT2D eigenvalue weighted by Crippen LogP contribution is -2.30. The van der Waals surface area contributed by atoms with Crippen molar-refractivity contribution >= 4 is 28.7 Å². The van der Waals surface area contributed by atoms with E-state index in [-0.39, 0.29) is 11.9 Å². The van der Waals surface area contributed by atoms with Gasteiger partial charge < -0.3 is 9.88 Å². The van der Waals surface area contributed by atoms with Crippen molar-refractivity contribution in [3.8, 4) is 0 Å². The Balaban J connectivity index is 2.26. The molecule has 1 amide bonds. The van der Waals surface area contributed by atoms with E-state index in [0.29, 0.717) is 25.3 Å². The number of imidazole rings is 1. The number of rotatable bonds is 6. The van der Waals surface area contributed by atoms with Crippen LogP contribution >= 0.6 is 11.6 Å². The summed E-state index contributed by atoms with van der Waals surface area (Å²) in [5, 5.41) is 2.90. The lowest BCUT2D eigenvalue weighted by atomic mass is 10.3. The minimum absolute atomic E-state index is 0.0383. The number of nitrogens with zero attached hydrogens (tertiary/aromatic N) is 3. The zero-order valence-electron chi connectivity index (χ0n) is 12.7. The third kappa shape index (κ3) is 3.73. The molecule has 21 heavy (non-hydrogen) atoms. The quantitative estimate of drug-likeness (QED) is 0.834. The SMILES string of the molecule is Cc1ccnc2c1nc(CCCl)n2CCC(=O)NC(C)C. The van der Waals surface area contributed by atoms with Gasteiger partial charge in [-0.05, 0) is 32.4 Å². The van der Waals surface area contributed by atoms with Gasteiger partial charge in [-0.2, -0.15) is 0 Å². The van der Waals surface area contributed by atoms with Crippen LogP contribution in [-0.4, -0.2) is 32.4 Å². The second-order valence-corrected chi connectivity index (χ2v) is 5.77. The lowest BCUT2D eigenvalue weighted by molar-refractivity contribution is -0.121. The molecule has 0 aliphatic carbocycles. The van der Waals surface area contributed by atoms with Gasteiger partial charge in [0.05, 0.1) is 0 Å². The molecule has 0 atom stereocenters. The van der Waals surface area contributed by atoms with Crippen molar-refractivity contribution in [3.05, 3.63) is 23.7 Å². The van der Waals surface area contributed by atoms with Gasteiger partial charge in [0, 0.05) is 37.5 Å². The molecule has 2 heterocycles. The number of carbonyl (C=O) groups excluding carboxylic acids is 1. The second-order valence-electron chi connectivity index (χ2n) is 5.39. The summed E-state index contributed by atoms with van der Waals surface area (Å²) in [6.07, 6.45) is 2.85. The molecule has 1 N–H and O–H groups in total. The van der Waals surface area contributed by atoms with Crippen LogP contribution in [0.2, 0.25) is 0 Å². The van der Waals surface area contributed by atoms with Gasteiger partial charge in [0.25, 0.3) is 0 Å². The van der Waals surface area contributed by atoms with E-state index < -0.39 is 0 Å². The highest BCUT2D eigenvalue weighted by atomic mass is 35.5. The number of alkyl halides is 1. The number of aromatic nitrogens is 3. The maximum atomic E-state index is 11.8. The van der Waals surface area contributed by atoms with Crippen LogP contribution in [-0.2, 0) is 17.8 Å². The maximum absolute atomic E-state index is 11.8. The molecule has 6 heteroatoms. The predicted octanol–water partition coefficient (Wildman–Crippen LogP) is 2.44. The smallest absolute Gasteiger partial charge is 0.221 e. The number of amides is 1. The van der Waals surface area contributed by atoms with E-state index in [2.05, 4.69) is 15.3 Å². The first-order valence-electron chi connectivity index (χ1n) is 7.19. The van der Waals surface area contributed by atoms with Crippen molar-refractivity contribution in [2.24, 2.45) is 0 Å². The zero-order chi connectivity index (χ0) is 15.4. The average molecular weight is 309 g/mol. The molecule has 0 aromatic carbocycles. The maximum Gasteiger partial charge on any atom is 0.221 e. The van der Waals surface area contributed by atoms with Crippen LogP contribution in [0.3, 0.4) is 0 Å². The molecule has 0 fully saturated rings. The molecule has 0 saturated heterocycles. The number of halogens is 1.